The fourth-order valence-electron chi connectivity index (χ4n) is 4.13. The molecule has 3 rings (SSSR count). The van der Waals surface area contributed by atoms with Crippen LogP contribution in [0.1, 0.15) is 25.3 Å². The number of rotatable bonds is 13. The van der Waals surface area contributed by atoms with Gasteiger partial charge in [0.1, 0.15) is 18.1 Å². The molecule has 0 spiro atoms. The van der Waals surface area contributed by atoms with Gasteiger partial charge in [0.2, 0.25) is 0 Å². The lowest BCUT2D eigenvalue weighted by atomic mass is 10.0. The Balaban J connectivity index is 1.73. The van der Waals surface area contributed by atoms with Crippen LogP contribution in [-0.2, 0) is 16.1 Å². The quantitative estimate of drug-likeness (QED) is 0.225. The summed E-state index contributed by atoms with van der Waals surface area (Å²) >= 11 is 0. The van der Waals surface area contributed by atoms with Gasteiger partial charge in [0.15, 0.2) is 0 Å². The molecule has 1 aromatic heterocycles. The smallest absolute Gasteiger partial charge is 0.491 e. The van der Waals surface area contributed by atoms with E-state index in [1.165, 1.54) is 6.07 Å². The first-order chi connectivity index (χ1) is 18.0. The molecule has 0 aliphatic rings. The normalized spacial score (nSPS) is 13.2. The Hall–Kier alpha value is -3.50. The van der Waals surface area contributed by atoms with Gasteiger partial charge in [-0.2, -0.15) is 0 Å². The van der Waals surface area contributed by atoms with Crippen LogP contribution in [-0.4, -0.2) is 53.0 Å². The molecular weight excluding hydrogens is 503 g/mol. The number of carbonyl (C=O) groups is 1. The van der Waals surface area contributed by atoms with Crippen molar-refractivity contribution >= 4 is 16.9 Å². The third-order valence-corrected chi connectivity index (χ3v) is 6.07. The summed E-state index contributed by atoms with van der Waals surface area (Å²) in [7, 11) is 0. The molecule has 7 nitrogen and oxygen atoms in total. The third-order valence-electron chi connectivity index (χ3n) is 6.07. The number of aliphatic hydroxyl groups is 2. The summed E-state index contributed by atoms with van der Waals surface area (Å²) in [6, 6.07) is 11.8. The summed E-state index contributed by atoms with van der Waals surface area (Å²) < 4.78 is 56.1. The maximum Gasteiger partial charge on any atom is 0.573 e. The van der Waals surface area contributed by atoms with Crippen molar-refractivity contribution in [2.75, 3.05) is 19.8 Å². The highest BCUT2D eigenvalue weighted by molar-refractivity contribution is 5.89. The minimum absolute atomic E-state index is 0.00265. The summed E-state index contributed by atoms with van der Waals surface area (Å²) in [5.74, 6) is -0.668. The largest absolute Gasteiger partial charge is 0.573 e. The first-order valence-corrected chi connectivity index (χ1v) is 12.3. The van der Waals surface area contributed by atoms with Crippen molar-refractivity contribution < 1.29 is 42.4 Å². The van der Waals surface area contributed by atoms with E-state index in [0.29, 0.717) is 42.0 Å². The van der Waals surface area contributed by atoms with Crippen LogP contribution in [0.25, 0.3) is 22.2 Å². The van der Waals surface area contributed by atoms with Crippen LogP contribution >= 0.6 is 0 Å². The van der Waals surface area contributed by atoms with Gasteiger partial charge in [0.25, 0.3) is 0 Å². The van der Waals surface area contributed by atoms with Crippen LogP contribution < -0.4 is 9.47 Å². The monoisotopic (exact) mass is 535 g/mol. The zero-order valence-electron chi connectivity index (χ0n) is 21.3. The molecule has 0 aliphatic carbocycles. The number of fused-ring (bicyclic) bond motifs is 1. The minimum Gasteiger partial charge on any atom is -0.491 e. The SMILES string of the molecule is C=CC(=O)OCC(CO)CCC(O)COc1ccc2cc(-c3ccc(C)cc3OC(F)(F)F)n(CC)c2c1. The number of aryl methyl sites for hydroxylation is 2. The lowest BCUT2D eigenvalue weighted by molar-refractivity contribution is -0.274. The Bertz CT molecular complexity index is 1250. The molecule has 3 aromatic rings. The molecule has 1 heterocycles. The molecule has 0 aliphatic heterocycles. The van der Waals surface area contributed by atoms with Crippen molar-refractivity contribution in [3.8, 4) is 22.8 Å². The first kappa shape index (κ1) is 29.1. The molecule has 0 saturated heterocycles. The molecular formula is C28H32F3NO6. The van der Waals surface area contributed by atoms with Gasteiger partial charge in [-0.3, -0.25) is 0 Å². The van der Waals surface area contributed by atoms with Crippen molar-refractivity contribution in [3.63, 3.8) is 0 Å². The second-order valence-corrected chi connectivity index (χ2v) is 8.97. The number of nitrogens with zero attached hydrogens (tertiary/aromatic N) is 1. The fraction of sp³-hybridized carbons (Fsp3) is 0.393. The molecule has 2 atom stereocenters. The number of hydrogen-bond acceptors (Lipinski definition) is 6. The summed E-state index contributed by atoms with van der Waals surface area (Å²) in [6.45, 7) is 7.22. The van der Waals surface area contributed by atoms with Gasteiger partial charge in [-0.1, -0.05) is 12.6 Å². The van der Waals surface area contributed by atoms with Crippen molar-refractivity contribution in [2.45, 2.75) is 45.7 Å². The predicted molar refractivity (Wildman–Crippen MR) is 137 cm³/mol. The number of esters is 1. The lowest BCUT2D eigenvalue weighted by Gasteiger charge is -2.17. The Morgan fingerprint density at radius 2 is 1.89 bits per heavy atom. The second-order valence-electron chi connectivity index (χ2n) is 8.97. The van der Waals surface area contributed by atoms with E-state index in [0.717, 1.165) is 17.0 Å². The van der Waals surface area contributed by atoms with E-state index in [2.05, 4.69) is 11.3 Å². The Morgan fingerprint density at radius 3 is 2.55 bits per heavy atom. The Labute approximate surface area is 219 Å². The van der Waals surface area contributed by atoms with Crippen LogP contribution in [0.5, 0.6) is 11.5 Å². The van der Waals surface area contributed by atoms with E-state index >= 15 is 0 Å². The van der Waals surface area contributed by atoms with E-state index in [4.69, 9.17) is 9.47 Å². The molecule has 206 valence electrons. The maximum atomic E-state index is 13.1. The van der Waals surface area contributed by atoms with Gasteiger partial charge in [-0.05, 0) is 62.6 Å². The highest BCUT2D eigenvalue weighted by Gasteiger charge is 2.32. The average Bonchev–Trinajstić information content (AvgIpc) is 3.23. The molecule has 2 N–H and O–H groups in total. The van der Waals surface area contributed by atoms with Crippen LogP contribution in [0.4, 0.5) is 13.2 Å². The molecule has 0 saturated carbocycles. The van der Waals surface area contributed by atoms with Crippen molar-refractivity contribution in [2.24, 2.45) is 5.92 Å². The fourth-order valence-corrected chi connectivity index (χ4v) is 4.13. The van der Waals surface area contributed by atoms with Gasteiger partial charge in [-0.25, -0.2) is 4.79 Å². The van der Waals surface area contributed by atoms with E-state index in [-0.39, 0.29) is 31.5 Å². The predicted octanol–water partition coefficient (Wildman–Crippen LogP) is 5.39. The number of ether oxygens (including phenoxy) is 3. The van der Waals surface area contributed by atoms with E-state index in [9.17, 15) is 28.2 Å². The Kier molecular flexibility index (Phi) is 9.82. The zero-order chi connectivity index (χ0) is 27.9. The van der Waals surface area contributed by atoms with Gasteiger partial charge >= 0.3 is 12.3 Å². The van der Waals surface area contributed by atoms with E-state index in [1.807, 2.05) is 11.5 Å². The number of halogens is 3. The molecule has 38 heavy (non-hydrogen) atoms. The molecule has 2 unspecified atom stereocenters. The summed E-state index contributed by atoms with van der Waals surface area (Å²) in [6.07, 6.45) is -3.85. The zero-order valence-corrected chi connectivity index (χ0v) is 21.3. The Morgan fingerprint density at radius 1 is 1.13 bits per heavy atom. The average molecular weight is 536 g/mol. The van der Waals surface area contributed by atoms with Crippen LogP contribution in [0, 0.1) is 12.8 Å². The molecule has 0 bridgehead atoms. The van der Waals surface area contributed by atoms with Gasteiger partial charge in [-0.15, -0.1) is 13.2 Å². The van der Waals surface area contributed by atoms with Crippen LogP contribution in [0.15, 0.2) is 55.1 Å². The van der Waals surface area contributed by atoms with Crippen molar-refractivity contribution in [1.29, 1.82) is 0 Å². The highest BCUT2D eigenvalue weighted by Crippen LogP contribution is 2.38. The molecule has 0 radical (unpaired) electrons. The molecule has 2 aromatic carbocycles. The topological polar surface area (TPSA) is 90.2 Å². The van der Waals surface area contributed by atoms with Crippen LogP contribution in [0.2, 0.25) is 0 Å². The molecule has 0 amide bonds. The number of carbonyl (C=O) groups excluding carboxylic acids is 1. The second kappa shape index (κ2) is 12.8. The van der Waals surface area contributed by atoms with Crippen molar-refractivity contribution in [3.05, 3.63) is 60.7 Å². The summed E-state index contributed by atoms with van der Waals surface area (Å²) in [5, 5.41) is 20.6. The van der Waals surface area contributed by atoms with Crippen LogP contribution in [0.3, 0.4) is 0 Å². The standard InChI is InChI=1S/C28H32F3NO6/c1-4-27(35)37-16-19(15-33)7-9-21(34)17-36-22-10-8-20-13-25(32(5-2)24(20)14-22)23-11-6-18(3)12-26(23)38-28(29,30)31/h4,6,8,10-14,19,21,33-34H,1,5,7,9,15-17H2,2-3H3. The van der Waals surface area contributed by atoms with Crippen molar-refractivity contribution in [1.82, 2.24) is 4.57 Å². The van der Waals surface area contributed by atoms with Gasteiger partial charge in [0, 0.05) is 42.2 Å². The van der Waals surface area contributed by atoms with E-state index in [1.54, 1.807) is 43.3 Å². The lowest BCUT2D eigenvalue weighted by Crippen LogP contribution is -2.22. The molecule has 0 fully saturated rings. The highest BCUT2D eigenvalue weighted by atomic mass is 19.4. The number of hydrogen-bond donors (Lipinski definition) is 2. The van der Waals surface area contributed by atoms with E-state index < -0.39 is 18.4 Å². The van der Waals surface area contributed by atoms with Gasteiger partial charge in [0.05, 0.1) is 23.9 Å². The molecule has 10 heteroatoms. The summed E-state index contributed by atoms with van der Waals surface area (Å²) in [4.78, 5) is 11.2. The minimum atomic E-state index is -4.82. The number of benzene rings is 2. The maximum absolute atomic E-state index is 13.1. The number of aliphatic hydroxyl groups excluding tert-OH is 2. The first-order valence-electron chi connectivity index (χ1n) is 12.3. The summed E-state index contributed by atoms with van der Waals surface area (Å²) in [5.41, 5.74) is 2.30. The third kappa shape index (κ3) is 7.75. The number of aromatic nitrogens is 1. The van der Waals surface area contributed by atoms with Gasteiger partial charge < -0.3 is 29.0 Å². The number of alkyl halides is 3.